The number of rotatable bonds is 8. The van der Waals surface area contributed by atoms with Crippen LogP contribution in [0.3, 0.4) is 0 Å². The minimum absolute atomic E-state index is 0.170. The highest BCUT2D eigenvalue weighted by molar-refractivity contribution is 7.46. The summed E-state index contributed by atoms with van der Waals surface area (Å²) in [5.74, 6) is -1.53. The molecule has 1 rings (SSSR count). The molecule has 0 saturated carbocycles. The fourth-order valence-electron chi connectivity index (χ4n) is 1.84. The Morgan fingerprint density at radius 2 is 2.09 bits per heavy atom. The van der Waals surface area contributed by atoms with E-state index in [1.54, 1.807) is 0 Å². The smallest absolute Gasteiger partial charge is 0.469 e. The third kappa shape index (κ3) is 5.87. The van der Waals surface area contributed by atoms with Gasteiger partial charge in [-0.25, -0.2) is 4.57 Å². The molecule has 2 atom stereocenters. The van der Waals surface area contributed by atoms with Crippen LogP contribution >= 0.6 is 7.82 Å². The summed E-state index contributed by atoms with van der Waals surface area (Å²) in [6.07, 6.45) is 0.0762. The molecule has 130 valence electrons. The first-order valence-electron chi connectivity index (χ1n) is 6.53. The molecule has 0 aliphatic rings. The molecule has 0 bridgehead atoms. The van der Waals surface area contributed by atoms with Crippen LogP contribution in [0.15, 0.2) is 6.20 Å². The Kier molecular flexibility index (Phi) is 6.63. The molecule has 1 aromatic rings. The van der Waals surface area contributed by atoms with Crippen molar-refractivity contribution in [3.8, 4) is 5.75 Å². The second-order valence-corrected chi connectivity index (χ2v) is 6.14. The molecule has 0 saturated heterocycles. The fourth-order valence-corrected chi connectivity index (χ4v) is 2.14. The van der Waals surface area contributed by atoms with E-state index in [9.17, 15) is 19.6 Å². The summed E-state index contributed by atoms with van der Waals surface area (Å²) in [7, 11) is -4.71. The number of aliphatic hydroxyl groups excluding tert-OH is 1. The average molecular weight is 350 g/mol. The molecule has 0 aliphatic heterocycles. The van der Waals surface area contributed by atoms with E-state index in [0.717, 1.165) is 0 Å². The monoisotopic (exact) mass is 350 g/mol. The lowest BCUT2D eigenvalue weighted by Gasteiger charge is -2.19. The van der Waals surface area contributed by atoms with Gasteiger partial charge in [-0.15, -0.1) is 0 Å². The topological polar surface area (TPSA) is 169 Å². The summed E-state index contributed by atoms with van der Waals surface area (Å²) < 4.78 is 15.2. The highest BCUT2D eigenvalue weighted by Crippen LogP contribution is 2.38. The van der Waals surface area contributed by atoms with E-state index in [4.69, 9.17) is 14.9 Å². The Morgan fingerprint density at radius 1 is 1.48 bits per heavy atom. The van der Waals surface area contributed by atoms with Gasteiger partial charge in [-0.05, 0) is 13.8 Å². The molecular weight excluding hydrogens is 331 g/mol. The van der Waals surface area contributed by atoms with Crippen molar-refractivity contribution in [1.29, 1.82) is 0 Å². The molecule has 0 aromatic carbocycles. The first kappa shape index (κ1) is 19.5. The maximum absolute atomic E-state index is 11.0. The molecule has 0 unspecified atom stereocenters. The van der Waals surface area contributed by atoms with Crippen molar-refractivity contribution in [2.75, 3.05) is 0 Å². The van der Waals surface area contributed by atoms with Crippen molar-refractivity contribution >= 4 is 13.8 Å². The van der Waals surface area contributed by atoms with Crippen LogP contribution in [0.5, 0.6) is 5.75 Å². The Hall–Kier alpha value is -1.55. The largest absolute Gasteiger partial charge is 0.506 e. The number of phosphoric acid groups is 1. The van der Waals surface area contributed by atoms with Crippen LogP contribution in [0, 0.1) is 6.92 Å². The number of pyridine rings is 1. The molecule has 11 heteroatoms. The predicted molar refractivity (Wildman–Crippen MR) is 77.4 cm³/mol. The molecule has 23 heavy (non-hydrogen) atoms. The van der Waals surface area contributed by atoms with Gasteiger partial charge in [0.2, 0.25) is 0 Å². The summed E-state index contributed by atoms with van der Waals surface area (Å²) in [5.41, 5.74) is 0.613. The number of aliphatic carboxylic acids is 1. The number of carbonyl (C=O) groups is 1. The van der Waals surface area contributed by atoms with E-state index < -0.39 is 32.5 Å². The second kappa shape index (κ2) is 7.82. The number of hydrogen-bond acceptors (Lipinski definition) is 7. The first-order chi connectivity index (χ1) is 10.5. The standard InChI is InChI=1S/C12H19N2O8P/c1-6-11(16)9(4-14-10(7(2)15)12(17)18)8(3-13-6)5-22-23(19,20)21/h3,7,10,14-16H,4-5H2,1-2H3,(H,17,18)(H2,19,20,21)/t7-,10-/m0/s1. The van der Waals surface area contributed by atoms with Gasteiger partial charge in [0, 0.05) is 23.9 Å². The van der Waals surface area contributed by atoms with Crippen LogP contribution in [-0.4, -0.2) is 48.2 Å². The first-order valence-corrected chi connectivity index (χ1v) is 8.06. The van der Waals surface area contributed by atoms with Crippen LogP contribution in [-0.2, 0) is 27.0 Å². The Balaban J connectivity index is 3.01. The van der Waals surface area contributed by atoms with Crippen LogP contribution < -0.4 is 5.32 Å². The molecule has 1 heterocycles. The third-order valence-corrected chi connectivity index (χ3v) is 3.53. The molecule has 0 aliphatic carbocycles. The van der Waals surface area contributed by atoms with Gasteiger partial charge in [0.25, 0.3) is 0 Å². The van der Waals surface area contributed by atoms with E-state index in [-0.39, 0.29) is 29.1 Å². The maximum Gasteiger partial charge on any atom is 0.469 e. The van der Waals surface area contributed by atoms with E-state index in [2.05, 4.69) is 14.8 Å². The molecule has 0 amide bonds. The lowest BCUT2D eigenvalue weighted by atomic mass is 10.1. The normalized spacial score (nSPS) is 14.5. The minimum atomic E-state index is -4.71. The Labute approximate surface area is 132 Å². The number of aromatic nitrogens is 1. The number of aromatic hydroxyl groups is 1. The summed E-state index contributed by atoms with van der Waals surface area (Å²) in [6.45, 7) is 2.11. The van der Waals surface area contributed by atoms with Crippen molar-refractivity contribution in [1.82, 2.24) is 10.3 Å². The molecule has 10 nitrogen and oxygen atoms in total. The van der Waals surface area contributed by atoms with E-state index in [1.807, 2.05) is 0 Å². The van der Waals surface area contributed by atoms with Gasteiger partial charge in [0.05, 0.1) is 18.4 Å². The summed E-state index contributed by atoms with van der Waals surface area (Å²) in [4.78, 5) is 32.4. The predicted octanol–water partition coefficient (Wildman–Crippen LogP) is -0.371. The van der Waals surface area contributed by atoms with E-state index in [1.165, 1.54) is 20.0 Å². The van der Waals surface area contributed by atoms with Crippen molar-refractivity contribution in [2.45, 2.75) is 39.1 Å². The van der Waals surface area contributed by atoms with Crippen molar-refractivity contribution in [3.05, 3.63) is 23.0 Å². The molecule has 0 fully saturated rings. The van der Waals surface area contributed by atoms with Crippen LogP contribution in [0.1, 0.15) is 23.7 Å². The molecular formula is C12H19N2O8P. The van der Waals surface area contributed by atoms with Gasteiger partial charge in [-0.3, -0.25) is 19.6 Å². The minimum Gasteiger partial charge on any atom is -0.506 e. The summed E-state index contributed by atoms with van der Waals surface area (Å²) in [6, 6.07) is -1.28. The number of phosphoric ester groups is 1. The van der Waals surface area contributed by atoms with E-state index in [0.29, 0.717) is 0 Å². The number of carboxylic acids is 1. The molecule has 0 spiro atoms. The molecule has 1 aromatic heterocycles. The SMILES string of the molecule is Cc1ncc(COP(=O)(O)O)c(CN[C@H](C(=O)O)[C@H](C)O)c1O. The van der Waals surface area contributed by atoms with Crippen molar-refractivity contribution < 1.29 is 39.0 Å². The van der Waals surface area contributed by atoms with Gasteiger partial charge in [-0.2, -0.15) is 0 Å². The number of carboxylic acid groups (broad SMARTS) is 1. The van der Waals surface area contributed by atoms with Crippen LogP contribution in [0.2, 0.25) is 0 Å². The lowest BCUT2D eigenvalue weighted by Crippen LogP contribution is -2.44. The van der Waals surface area contributed by atoms with Crippen LogP contribution in [0.25, 0.3) is 0 Å². The van der Waals surface area contributed by atoms with Gasteiger partial charge < -0.3 is 25.1 Å². The summed E-state index contributed by atoms with van der Waals surface area (Å²) in [5, 5.41) is 31.0. The van der Waals surface area contributed by atoms with Crippen LogP contribution in [0.4, 0.5) is 0 Å². The number of nitrogens with zero attached hydrogens (tertiary/aromatic N) is 1. The zero-order chi connectivity index (χ0) is 17.8. The van der Waals surface area contributed by atoms with Gasteiger partial charge in [0.15, 0.2) is 0 Å². The Bertz CT molecular complexity index is 615. The van der Waals surface area contributed by atoms with Gasteiger partial charge in [0.1, 0.15) is 11.8 Å². The highest BCUT2D eigenvalue weighted by atomic mass is 31.2. The number of aliphatic hydroxyl groups is 1. The zero-order valence-corrected chi connectivity index (χ0v) is 13.4. The second-order valence-electron chi connectivity index (χ2n) is 4.90. The summed E-state index contributed by atoms with van der Waals surface area (Å²) >= 11 is 0. The molecule has 6 N–H and O–H groups in total. The number of nitrogens with one attached hydrogen (secondary N) is 1. The van der Waals surface area contributed by atoms with Crippen molar-refractivity contribution in [2.24, 2.45) is 0 Å². The quantitative estimate of drug-likeness (QED) is 0.340. The van der Waals surface area contributed by atoms with Crippen molar-refractivity contribution in [3.63, 3.8) is 0 Å². The number of hydrogen-bond donors (Lipinski definition) is 6. The van der Waals surface area contributed by atoms with E-state index >= 15 is 0 Å². The third-order valence-electron chi connectivity index (χ3n) is 3.07. The highest BCUT2D eigenvalue weighted by Gasteiger charge is 2.24. The van der Waals surface area contributed by atoms with Gasteiger partial charge in [-0.1, -0.05) is 0 Å². The van der Waals surface area contributed by atoms with Gasteiger partial charge >= 0.3 is 13.8 Å². The maximum atomic E-state index is 11.0. The average Bonchev–Trinajstić information content (AvgIpc) is 2.40. The number of aryl methyl sites for hydroxylation is 1. The fraction of sp³-hybridized carbons (Fsp3) is 0.500. The Morgan fingerprint density at radius 3 is 2.57 bits per heavy atom. The molecule has 0 radical (unpaired) electrons. The lowest BCUT2D eigenvalue weighted by molar-refractivity contribution is -0.142. The zero-order valence-electron chi connectivity index (χ0n) is 12.5.